The lowest BCUT2D eigenvalue weighted by Crippen LogP contribution is -2.37. The molecule has 2 aromatic rings. The Labute approximate surface area is 103 Å². The number of carbonyl (C=O) groups excluding carboxylic acids is 1. The highest BCUT2D eigenvalue weighted by molar-refractivity contribution is 5.85. The van der Waals surface area contributed by atoms with Crippen molar-refractivity contribution in [1.29, 1.82) is 0 Å². The maximum absolute atomic E-state index is 12.8. The van der Waals surface area contributed by atoms with Gasteiger partial charge in [0.05, 0.1) is 7.11 Å². The number of carbonyl (C=O) groups is 1. The standard InChI is InChI=1S/C13H10FNO3/c1-18-13(16)12-4-2-3-11(15(12)17)9-5-7-10(14)8-6-9/h2-8H,1H3. The summed E-state index contributed by atoms with van der Waals surface area (Å²) in [6.07, 6.45) is 0. The van der Waals surface area contributed by atoms with Crippen molar-refractivity contribution in [2.75, 3.05) is 7.11 Å². The van der Waals surface area contributed by atoms with Gasteiger partial charge in [0, 0.05) is 17.7 Å². The first-order valence-corrected chi connectivity index (χ1v) is 5.20. The number of halogens is 1. The van der Waals surface area contributed by atoms with Gasteiger partial charge >= 0.3 is 11.7 Å². The van der Waals surface area contributed by atoms with E-state index in [9.17, 15) is 14.4 Å². The molecule has 1 heterocycles. The highest BCUT2D eigenvalue weighted by Crippen LogP contribution is 2.16. The summed E-state index contributed by atoms with van der Waals surface area (Å²) in [5, 5.41) is 12.0. The van der Waals surface area contributed by atoms with Crippen molar-refractivity contribution in [3.63, 3.8) is 0 Å². The van der Waals surface area contributed by atoms with Crippen LogP contribution in [0.2, 0.25) is 0 Å². The Kier molecular flexibility index (Phi) is 3.23. The molecule has 0 aliphatic carbocycles. The topological polar surface area (TPSA) is 53.2 Å². The quantitative estimate of drug-likeness (QED) is 0.462. The summed E-state index contributed by atoms with van der Waals surface area (Å²) in [6, 6.07) is 9.93. The molecule has 0 bridgehead atoms. The summed E-state index contributed by atoms with van der Waals surface area (Å²) in [7, 11) is 1.20. The van der Waals surface area contributed by atoms with Crippen molar-refractivity contribution < 1.29 is 18.7 Å². The normalized spacial score (nSPS) is 10.1. The Morgan fingerprint density at radius 1 is 1.22 bits per heavy atom. The van der Waals surface area contributed by atoms with E-state index in [1.165, 1.54) is 37.4 Å². The van der Waals surface area contributed by atoms with E-state index >= 15 is 0 Å². The first-order chi connectivity index (χ1) is 8.63. The first kappa shape index (κ1) is 12.0. The molecule has 2 rings (SSSR count). The third-order valence-corrected chi connectivity index (χ3v) is 2.48. The summed E-state index contributed by atoms with van der Waals surface area (Å²) in [5.74, 6) is -1.10. The molecule has 0 saturated carbocycles. The third-order valence-electron chi connectivity index (χ3n) is 2.48. The fourth-order valence-electron chi connectivity index (χ4n) is 1.59. The second kappa shape index (κ2) is 4.83. The molecule has 0 aliphatic rings. The zero-order valence-electron chi connectivity index (χ0n) is 9.59. The Hall–Kier alpha value is -2.43. The molecule has 0 saturated heterocycles. The largest absolute Gasteiger partial charge is 0.618 e. The molecule has 0 unspecified atom stereocenters. The van der Waals surface area contributed by atoms with Gasteiger partial charge in [0.2, 0.25) is 5.69 Å². The van der Waals surface area contributed by atoms with Gasteiger partial charge in [-0.05, 0) is 30.3 Å². The summed E-state index contributed by atoms with van der Waals surface area (Å²) in [4.78, 5) is 11.4. The van der Waals surface area contributed by atoms with Crippen molar-refractivity contribution in [2.24, 2.45) is 0 Å². The minimum atomic E-state index is -0.714. The molecule has 0 radical (unpaired) electrons. The predicted octanol–water partition coefficient (Wildman–Crippen LogP) is 1.91. The van der Waals surface area contributed by atoms with Crippen molar-refractivity contribution >= 4 is 5.97 Å². The van der Waals surface area contributed by atoms with Crippen LogP contribution in [0.25, 0.3) is 11.3 Å². The highest BCUT2D eigenvalue weighted by Gasteiger charge is 2.20. The summed E-state index contributed by atoms with van der Waals surface area (Å²) in [6.45, 7) is 0. The van der Waals surface area contributed by atoms with Gasteiger partial charge in [0.25, 0.3) is 0 Å². The predicted molar refractivity (Wildman–Crippen MR) is 62.1 cm³/mol. The fourth-order valence-corrected chi connectivity index (χ4v) is 1.59. The van der Waals surface area contributed by atoms with Crippen LogP contribution in [0.5, 0.6) is 0 Å². The minimum Gasteiger partial charge on any atom is -0.618 e. The number of benzene rings is 1. The molecule has 18 heavy (non-hydrogen) atoms. The average molecular weight is 247 g/mol. The lowest BCUT2D eigenvalue weighted by Gasteiger charge is -2.07. The molecule has 0 N–H and O–H groups in total. The van der Waals surface area contributed by atoms with E-state index in [4.69, 9.17) is 0 Å². The summed E-state index contributed by atoms with van der Waals surface area (Å²) in [5.41, 5.74) is 0.675. The number of ether oxygens (including phenoxy) is 1. The van der Waals surface area contributed by atoms with E-state index in [-0.39, 0.29) is 17.2 Å². The molecule has 1 aromatic carbocycles. The van der Waals surface area contributed by atoms with Crippen molar-refractivity contribution in [3.8, 4) is 11.3 Å². The molecule has 0 atom stereocenters. The number of pyridine rings is 1. The molecule has 0 aliphatic heterocycles. The van der Waals surface area contributed by atoms with Gasteiger partial charge in [-0.3, -0.25) is 0 Å². The van der Waals surface area contributed by atoms with Gasteiger partial charge in [-0.25, -0.2) is 9.18 Å². The molecule has 0 amide bonds. The second-order valence-corrected chi connectivity index (χ2v) is 3.59. The Morgan fingerprint density at radius 2 is 1.89 bits per heavy atom. The van der Waals surface area contributed by atoms with Gasteiger partial charge in [-0.15, -0.1) is 0 Å². The molecule has 92 valence electrons. The number of hydrogen-bond acceptors (Lipinski definition) is 3. The van der Waals surface area contributed by atoms with Crippen LogP contribution in [0.1, 0.15) is 10.5 Å². The molecular formula is C13H10FNO3. The molecule has 0 fully saturated rings. The number of rotatable bonds is 2. The van der Waals surface area contributed by atoms with E-state index in [0.717, 1.165) is 0 Å². The van der Waals surface area contributed by atoms with Crippen LogP contribution in [-0.2, 0) is 4.74 Å². The monoisotopic (exact) mass is 247 g/mol. The van der Waals surface area contributed by atoms with Crippen molar-refractivity contribution in [3.05, 3.63) is 59.2 Å². The first-order valence-electron chi connectivity index (χ1n) is 5.20. The molecule has 4 nitrogen and oxygen atoms in total. The van der Waals surface area contributed by atoms with Crippen LogP contribution < -0.4 is 4.73 Å². The number of nitrogens with zero attached hydrogens (tertiary/aromatic N) is 1. The van der Waals surface area contributed by atoms with Crippen LogP contribution in [-0.4, -0.2) is 13.1 Å². The maximum Gasteiger partial charge on any atom is 0.404 e. The number of methoxy groups -OCH3 is 1. The van der Waals surface area contributed by atoms with Gasteiger partial charge in [0.15, 0.2) is 0 Å². The lowest BCUT2D eigenvalue weighted by molar-refractivity contribution is -0.596. The summed E-state index contributed by atoms with van der Waals surface area (Å²) >= 11 is 0. The average Bonchev–Trinajstić information content (AvgIpc) is 2.39. The Morgan fingerprint density at radius 3 is 2.50 bits per heavy atom. The lowest BCUT2D eigenvalue weighted by atomic mass is 10.1. The van der Waals surface area contributed by atoms with Crippen LogP contribution in [0, 0.1) is 11.0 Å². The van der Waals surface area contributed by atoms with Crippen LogP contribution in [0.4, 0.5) is 4.39 Å². The number of hydrogen-bond donors (Lipinski definition) is 0. The van der Waals surface area contributed by atoms with Crippen molar-refractivity contribution in [1.82, 2.24) is 0 Å². The molecular weight excluding hydrogens is 237 g/mol. The van der Waals surface area contributed by atoms with E-state index < -0.39 is 5.97 Å². The number of aromatic nitrogens is 1. The smallest absolute Gasteiger partial charge is 0.404 e. The van der Waals surface area contributed by atoms with E-state index in [2.05, 4.69) is 4.74 Å². The SMILES string of the molecule is COC(=O)c1cccc(-c2ccc(F)cc2)[n+]1[O-]. The number of esters is 1. The van der Waals surface area contributed by atoms with Crippen LogP contribution in [0.15, 0.2) is 42.5 Å². The van der Waals surface area contributed by atoms with E-state index in [1.54, 1.807) is 12.1 Å². The molecule has 0 spiro atoms. The van der Waals surface area contributed by atoms with Crippen LogP contribution >= 0.6 is 0 Å². The zero-order chi connectivity index (χ0) is 13.1. The van der Waals surface area contributed by atoms with E-state index in [0.29, 0.717) is 10.3 Å². The van der Waals surface area contributed by atoms with Gasteiger partial charge in [-0.2, -0.15) is 4.73 Å². The van der Waals surface area contributed by atoms with Crippen LogP contribution in [0.3, 0.4) is 0 Å². The zero-order valence-corrected chi connectivity index (χ0v) is 9.59. The van der Waals surface area contributed by atoms with Crippen molar-refractivity contribution in [2.45, 2.75) is 0 Å². The fraction of sp³-hybridized carbons (Fsp3) is 0.0769. The van der Waals surface area contributed by atoms with Gasteiger partial charge < -0.3 is 9.94 Å². The van der Waals surface area contributed by atoms with Gasteiger partial charge in [0.1, 0.15) is 5.82 Å². The third kappa shape index (κ3) is 2.15. The Bertz CT molecular complexity index is 581. The highest BCUT2D eigenvalue weighted by atomic mass is 19.1. The second-order valence-electron chi connectivity index (χ2n) is 3.59. The molecule has 1 aromatic heterocycles. The molecule has 5 heteroatoms. The van der Waals surface area contributed by atoms with E-state index in [1.807, 2.05) is 0 Å². The Balaban J connectivity index is 2.52. The maximum atomic E-state index is 12.8. The van der Waals surface area contributed by atoms with Gasteiger partial charge in [-0.1, -0.05) is 0 Å². The minimum absolute atomic E-state index is 0.112. The summed E-state index contributed by atoms with van der Waals surface area (Å²) < 4.78 is 17.8.